The first-order valence-electron chi connectivity index (χ1n) is 11.1. The van der Waals surface area contributed by atoms with E-state index in [2.05, 4.69) is 26.2 Å². The van der Waals surface area contributed by atoms with Crippen molar-refractivity contribution in [3.8, 4) is 0 Å². The molecule has 1 saturated heterocycles. The molecule has 160 valence electrons. The molecular formula is C23H34O5Si. The molecule has 0 amide bonds. The molecule has 5 aliphatic rings. The van der Waals surface area contributed by atoms with Crippen molar-refractivity contribution in [3.63, 3.8) is 0 Å². The number of fused-ring (bicyclic) bond motifs is 1. The van der Waals surface area contributed by atoms with Gasteiger partial charge in [-0.05, 0) is 82.5 Å². The summed E-state index contributed by atoms with van der Waals surface area (Å²) in [5.74, 6) is -0.504. The van der Waals surface area contributed by atoms with Crippen LogP contribution in [0.1, 0.15) is 51.9 Å². The lowest BCUT2D eigenvalue weighted by molar-refractivity contribution is -0.163. The molecule has 7 atom stereocenters. The van der Waals surface area contributed by atoms with Crippen LogP contribution < -0.4 is 0 Å². The van der Waals surface area contributed by atoms with Gasteiger partial charge in [-0.2, -0.15) is 0 Å². The number of methoxy groups -OCH3 is 1. The van der Waals surface area contributed by atoms with Crippen LogP contribution in [0.5, 0.6) is 0 Å². The maximum absolute atomic E-state index is 13.3. The predicted octanol–water partition coefficient (Wildman–Crippen LogP) is 4.23. The number of rotatable bonds is 3. The number of ether oxygens (including phenoxy) is 2. The molecular weight excluding hydrogens is 384 g/mol. The van der Waals surface area contributed by atoms with Gasteiger partial charge in [0.1, 0.15) is 5.60 Å². The third-order valence-electron chi connectivity index (χ3n) is 9.06. The van der Waals surface area contributed by atoms with Crippen LogP contribution in [0.4, 0.5) is 0 Å². The highest BCUT2D eigenvalue weighted by Crippen LogP contribution is 2.79. The zero-order chi connectivity index (χ0) is 21.0. The third-order valence-corrected chi connectivity index (χ3v) is 10.1. The average Bonchev–Trinajstić information content (AvgIpc) is 3.02. The van der Waals surface area contributed by atoms with E-state index >= 15 is 0 Å². The standard InChI is InChI=1S/C23H34O5Si/c1-14-12-21-13-22(14,28-29(4,5)6)11-8-15(21)23-10-7-9-20(2,19(25)27-23)17(23)16(21)18(24)26-3/h15-17H,1,7-13H2,2-6H3/t15?,16?,17?,20?,21-,22-,23+/m0/s1. The Balaban J connectivity index is 1.67. The average molecular weight is 419 g/mol. The highest BCUT2D eigenvalue weighted by Gasteiger charge is 2.83. The zero-order valence-corrected chi connectivity index (χ0v) is 19.4. The highest BCUT2D eigenvalue weighted by molar-refractivity contribution is 6.69. The topological polar surface area (TPSA) is 61.8 Å². The molecule has 1 spiro atoms. The maximum atomic E-state index is 13.3. The second-order valence-corrected chi connectivity index (χ2v) is 16.0. The predicted molar refractivity (Wildman–Crippen MR) is 110 cm³/mol. The fourth-order valence-corrected chi connectivity index (χ4v) is 10.0. The number of esters is 2. The SMILES string of the molecule is C=C1C[C@]23C[C@@]1(O[Si](C)(C)C)CCC2[C@@]12CCCC(C)(C(=O)O1)C2C3C(=O)OC. The van der Waals surface area contributed by atoms with Crippen molar-refractivity contribution in [3.05, 3.63) is 12.2 Å². The summed E-state index contributed by atoms with van der Waals surface area (Å²) < 4.78 is 18.5. The lowest BCUT2D eigenvalue weighted by atomic mass is 9.60. The van der Waals surface area contributed by atoms with Crippen LogP contribution in [0, 0.1) is 28.6 Å². The van der Waals surface area contributed by atoms with Gasteiger partial charge in [0, 0.05) is 11.8 Å². The molecule has 6 heteroatoms. The molecule has 4 aliphatic carbocycles. The van der Waals surface area contributed by atoms with E-state index in [1.54, 1.807) is 0 Å². The molecule has 4 unspecified atom stereocenters. The molecule has 5 nitrogen and oxygen atoms in total. The molecule has 0 aromatic carbocycles. The molecule has 0 radical (unpaired) electrons. The van der Waals surface area contributed by atoms with E-state index in [9.17, 15) is 9.59 Å². The van der Waals surface area contributed by atoms with E-state index in [-0.39, 0.29) is 40.7 Å². The van der Waals surface area contributed by atoms with E-state index in [4.69, 9.17) is 13.9 Å². The number of carbonyl (C=O) groups excluding carboxylic acids is 2. The normalized spacial score (nSPS) is 50.2. The van der Waals surface area contributed by atoms with E-state index in [0.717, 1.165) is 50.5 Å². The minimum Gasteiger partial charge on any atom is -0.469 e. The van der Waals surface area contributed by atoms with Crippen molar-refractivity contribution in [1.29, 1.82) is 0 Å². The molecule has 0 N–H and O–H groups in total. The Labute approximate surface area is 174 Å². The Bertz CT molecular complexity index is 817. The number of carbonyl (C=O) groups is 2. The van der Waals surface area contributed by atoms with Crippen molar-refractivity contribution >= 4 is 20.3 Å². The van der Waals surface area contributed by atoms with Crippen LogP contribution in [0.3, 0.4) is 0 Å². The Morgan fingerprint density at radius 1 is 1.24 bits per heavy atom. The highest BCUT2D eigenvalue weighted by atomic mass is 28.4. The Hall–Kier alpha value is -1.14. The van der Waals surface area contributed by atoms with Crippen molar-refractivity contribution in [2.24, 2.45) is 28.6 Å². The summed E-state index contributed by atoms with van der Waals surface area (Å²) in [4.78, 5) is 26.3. The first-order chi connectivity index (χ1) is 13.4. The summed E-state index contributed by atoms with van der Waals surface area (Å²) in [6.07, 6.45) is 6.10. The van der Waals surface area contributed by atoms with Gasteiger partial charge in [-0.25, -0.2) is 0 Å². The lowest BCUT2D eigenvalue weighted by Gasteiger charge is -2.48. The van der Waals surface area contributed by atoms with Crippen LogP contribution >= 0.6 is 0 Å². The van der Waals surface area contributed by atoms with Crippen LogP contribution in [0.15, 0.2) is 12.2 Å². The Kier molecular flexibility index (Phi) is 3.79. The molecule has 0 aromatic heterocycles. The maximum Gasteiger partial charge on any atom is 0.312 e. The summed E-state index contributed by atoms with van der Waals surface area (Å²) in [6.45, 7) is 13.2. The summed E-state index contributed by atoms with van der Waals surface area (Å²) in [6, 6.07) is 0. The van der Waals surface area contributed by atoms with Gasteiger partial charge < -0.3 is 13.9 Å². The molecule has 4 bridgehead atoms. The minimum atomic E-state index is -1.80. The van der Waals surface area contributed by atoms with Gasteiger partial charge in [0.05, 0.1) is 24.0 Å². The molecule has 29 heavy (non-hydrogen) atoms. The summed E-state index contributed by atoms with van der Waals surface area (Å²) in [5, 5.41) is 0. The van der Waals surface area contributed by atoms with E-state index < -0.39 is 19.3 Å². The van der Waals surface area contributed by atoms with Crippen molar-refractivity contribution in [1.82, 2.24) is 0 Å². The molecule has 5 fully saturated rings. The van der Waals surface area contributed by atoms with Crippen LogP contribution in [-0.2, 0) is 23.5 Å². The fourth-order valence-electron chi connectivity index (χ4n) is 8.52. The minimum absolute atomic E-state index is 0.0951. The zero-order valence-electron chi connectivity index (χ0n) is 18.4. The van der Waals surface area contributed by atoms with Gasteiger partial charge in [0.25, 0.3) is 0 Å². The second kappa shape index (κ2) is 5.55. The summed E-state index contributed by atoms with van der Waals surface area (Å²) in [7, 11) is -0.323. The monoisotopic (exact) mass is 418 g/mol. The van der Waals surface area contributed by atoms with E-state index in [1.807, 2.05) is 6.92 Å². The molecule has 4 saturated carbocycles. The van der Waals surface area contributed by atoms with Crippen LogP contribution in [0.25, 0.3) is 0 Å². The molecule has 1 aliphatic heterocycles. The first kappa shape index (κ1) is 19.8. The smallest absolute Gasteiger partial charge is 0.312 e. The quantitative estimate of drug-likeness (QED) is 0.390. The second-order valence-electron chi connectivity index (χ2n) is 11.6. The van der Waals surface area contributed by atoms with Gasteiger partial charge in [-0.3, -0.25) is 9.59 Å². The lowest BCUT2D eigenvalue weighted by Crippen LogP contribution is -2.50. The summed E-state index contributed by atoms with van der Waals surface area (Å²) in [5.41, 5.74) is -0.562. The largest absolute Gasteiger partial charge is 0.469 e. The Morgan fingerprint density at radius 2 is 1.97 bits per heavy atom. The number of hydrogen-bond donors (Lipinski definition) is 0. The van der Waals surface area contributed by atoms with Crippen molar-refractivity contribution in [2.75, 3.05) is 7.11 Å². The van der Waals surface area contributed by atoms with Crippen LogP contribution in [-0.4, -0.2) is 38.6 Å². The first-order valence-corrected chi connectivity index (χ1v) is 14.5. The molecule has 0 aromatic rings. The van der Waals surface area contributed by atoms with Crippen molar-refractivity contribution < 1.29 is 23.5 Å². The third kappa shape index (κ3) is 2.20. The Morgan fingerprint density at radius 3 is 2.62 bits per heavy atom. The fraction of sp³-hybridized carbons (Fsp3) is 0.826. The van der Waals surface area contributed by atoms with Gasteiger partial charge in [-0.15, -0.1) is 0 Å². The van der Waals surface area contributed by atoms with Crippen molar-refractivity contribution in [2.45, 2.75) is 82.7 Å². The molecule has 5 rings (SSSR count). The van der Waals surface area contributed by atoms with Gasteiger partial charge in [0.2, 0.25) is 0 Å². The van der Waals surface area contributed by atoms with E-state index in [0.29, 0.717) is 0 Å². The van der Waals surface area contributed by atoms with Crippen LogP contribution in [0.2, 0.25) is 19.6 Å². The van der Waals surface area contributed by atoms with Gasteiger partial charge in [0.15, 0.2) is 8.32 Å². The number of hydrogen-bond acceptors (Lipinski definition) is 5. The van der Waals surface area contributed by atoms with Gasteiger partial charge >= 0.3 is 11.9 Å². The molecule has 1 heterocycles. The van der Waals surface area contributed by atoms with Gasteiger partial charge in [-0.1, -0.05) is 6.58 Å². The van der Waals surface area contributed by atoms with E-state index in [1.165, 1.54) is 7.11 Å². The summed E-state index contributed by atoms with van der Waals surface area (Å²) >= 11 is 0.